The average molecular weight is 673 g/mol. The molecule has 7 aromatic rings. The molecule has 0 fully saturated rings. The third kappa shape index (κ3) is 5.88. The molecular weight excluding hydrogens is 633 g/mol. The lowest BCUT2D eigenvalue weighted by Gasteiger charge is -2.25. The highest BCUT2D eigenvalue weighted by Gasteiger charge is 2.36. The monoisotopic (exact) mass is 672 g/mol. The summed E-state index contributed by atoms with van der Waals surface area (Å²) in [6.45, 7) is 11.6. The SMILES string of the molecule is CC(C)(C)c1ccc2c(c1)C(C)(C)c1cc(-c3cccc(-c4cc(CSc5ccccc5N)cc(-c5nc6ccccc6s5)c4)c3)ccc1-2. The van der Waals surface area contributed by atoms with E-state index in [-0.39, 0.29) is 10.8 Å². The first-order valence-corrected chi connectivity index (χ1v) is 18.7. The standard InChI is InChI=1S/C45H40N2S2/c1-44(2,3)34-18-20-36-35-19-17-31(25-37(35)45(4,5)38(36)26-34)29-11-10-12-30(23-29)32-21-28(27-48-41-15-8-6-13-39(41)46)22-33(24-32)43-47-40-14-7-9-16-42(40)49-43/h6-26H,27,46H2,1-5H3. The van der Waals surface area contributed by atoms with E-state index in [0.29, 0.717) is 0 Å². The number of anilines is 1. The zero-order chi connectivity index (χ0) is 33.9. The van der Waals surface area contributed by atoms with Crippen LogP contribution in [0.5, 0.6) is 0 Å². The Kier molecular flexibility index (Phi) is 7.77. The number of hydrogen-bond donors (Lipinski definition) is 1. The molecule has 0 radical (unpaired) electrons. The Labute approximate surface area is 298 Å². The lowest BCUT2D eigenvalue weighted by atomic mass is 9.78. The molecule has 2 nitrogen and oxygen atoms in total. The molecule has 0 atom stereocenters. The van der Waals surface area contributed by atoms with Gasteiger partial charge in [0.15, 0.2) is 0 Å². The minimum atomic E-state index is -0.0696. The fraction of sp³-hybridized carbons (Fsp3) is 0.178. The zero-order valence-electron chi connectivity index (χ0n) is 28.7. The molecule has 49 heavy (non-hydrogen) atoms. The Morgan fingerprint density at radius 1 is 0.653 bits per heavy atom. The van der Waals surface area contributed by atoms with Crippen LogP contribution in [-0.2, 0) is 16.6 Å². The van der Waals surface area contributed by atoms with Gasteiger partial charge in [0.25, 0.3) is 0 Å². The Morgan fingerprint density at radius 3 is 2.08 bits per heavy atom. The average Bonchev–Trinajstić information content (AvgIpc) is 3.64. The number of aromatic nitrogens is 1. The van der Waals surface area contributed by atoms with Crippen molar-refractivity contribution in [3.8, 4) is 44.0 Å². The summed E-state index contributed by atoms with van der Waals surface area (Å²) in [5, 5.41) is 1.04. The van der Waals surface area contributed by atoms with Crippen molar-refractivity contribution in [1.29, 1.82) is 0 Å². The molecule has 0 amide bonds. The molecule has 1 aliphatic carbocycles. The first kappa shape index (κ1) is 31.6. The van der Waals surface area contributed by atoms with Gasteiger partial charge < -0.3 is 5.73 Å². The summed E-state index contributed by atoms with van der Waals surface area (Å²) in [4.78, 5) is 6.14. The molecule has 0 saturated heterocycles. The molecule has 1 aliphatic rings. The van der Waals surface area contributed by atoms with Crippen LogP contribution in [0.1, 0.15) is 56.9 Å². The van der Waals surface area contributed by atoms with Crippen LogP contribution in [0.25, 0.3) is 54.2 Å². The second-order valence-electron chi connectivity index (χ2n) is 14.7. The van der Waals surface area contributed by atoms with Crippen LogP contribution < -0.4 is 5.73 Å². The van der Waals surface area contributed by atoms with E-state index < -0.39 is 0 Å². The first-order chi connectivity index (χ1) is 23.5. The summed E-state index contributed by atoms with van der Waals surface area (Å²) in [5.74, 6) is 0.816. The maximum absolute atomic E-state index is 6.31. The topological polar surface area (TPSA) is 38.9 Å². The predicted octanol–water partition coefficient (Wildman–Crippen LogP) is 12.8. The molecule has 0 unspecified atom stereocenters. The molecule has 0 saturated carbocycles. The van der Waals surface area contributed by atoms with E-state index in [9.17, 15) is 0 Å². The summed E-state index contributed by atoms with van der Waals surface area (Å²) in [6, 6.07) is 46.6. The van der Waals surface area contributed by atoms with Gasteiger partial charge in [0, 0.05) is 27.3 Å². The van der Waals surface area contributed by atoms with Gasteiger partial charge in [-0.15, -0.1) is 23.1 Å². The van der Waals surface area contributed by atoms with E-state index in [2.05, 4.69) is 150 Å². The van der Waals surface area contributed by atoms with Gasteiger partial charge in [-0.3, -0.25) is 0 Å². The summed E-state index contributed by atoms with van der Waals surface area (Å²) < 4.78 is 1.20. The molecule has 0 aliphatic heterocycles. The number of nitrogens with two attached hydrogens (primary N) is 1. The Balaban J connectivity index is 1.18. The van der Waals surface area contributed by atoms with Crippen molar-refractivity contribution in [2.45, 2.75) is 56.1 Å². The highest BCUT2D eigenvalue weighted by molar-refractivity contribution is 7.98. The maximum Gasteiger partial charge on any atom is 0.124 e. The third-order valence-electron chi connectivity index (χ3n) is 9.92. The van der Waals surface area contributed by atoms with E-state index in [4.69, 9.17) is 10.7 Å². The quantitative estimate of drug-likeness (QED) is 0.141. The van der Waals surface area contributed by atoms with Crippen molar-refractivity contribution < 1.29 is 0 Å². The fourth-order valence-electron chi connectivity index (χ4n) is 7.10. The van der Waals surface area contributed by atoms with Gasteiger partial charge in [0.2, 0.25) is 0 Å². The number of nitrogen functional groups attached to an aromatic ring is 1. The molecule has 2 N–H and O–H groups in total. The van der Waals surface area contributed by atoms with Crippen molar-refractivity contribution in [3.05, 3.63) is 150 Å². The zero-order valence-corrected chi connectivity index (χ0v) is 30.3. The number of nitrogens with zero attached hydrogens (tertiary/aromatic N) is 1. The van der Waals surface area contributed by atoms with Crippen LogP contribution in [0.15, 0.2) is 132 Å². The molecule has 1 aromatic heterocycles. The second kappa shape index (κ2) is 12.0. The molecule has 242 valence electrons. The molecule has 4 heteroatoms. The number of fused-ring (bicyclic) bond motifs is 4. The van der Waals surface area contributed by atoms with Gasteiger partial charge >= 0.3 is 0 Å². The second-order valence-corrected chi connectivity index (χ2v) is 16.8. The Hall–Kier alpha value is -4.64. The van der Waals surface area contributed by atoms with Crippen LogP contribution in [0.4, 0.5) is 5.69 Å². The largest absolute Gasteiger partial charge is 0.398 e. The van der Waals surface area contributed by atoms with E-state index in [1.165, 1.54) is 60.3 Å². The normalized spacial score (nSPS) is 13.4. The number of hydrogen-bond acceptors (Lipinski definition) is 4. The Morgan fingerprint density at radius 2 is 1.31 bits per heavy atom. The number of thioether (sulfide) groups is 1. The van der Waals surface area contributed by atoms with Gasteiger partial charge in [-0.05, 0) is 110 Å². The number of thiazole rings is 1. The van der Waals surface area contributed by atoms with Crippen LogP contribution in [-0.4, -0.2) is 4.98 Å². The number of para-hydroxylation sites is 2. The first-order valence-electron chi connectivity index (χ1n) is 16.9. The smallest absolute Gasteiger partial charge is 0.124 e. The van der Waals surface area contributed by atoms with Gasteiger partial charge in [-0.1, -0.05) is 113 Å². The van der Waals surface area contributed by atoms with Gasteiger partial charge in [0.05, 0.1) is 10.2 Å². The Bertz CT molecular complexity index is 2340. The maximum atomic E-state index is 6.31. The summed E-state index contributed by atoms with van der Waals surface area (Å²) in [7, 11) is 0. The lowest BCUT2D eigenvalue weighted by Crippen LogP contribution is -2.17. The van der Waals surface area contributed by atoms with E-state index in [1.54, 1.807) is 23.1 Å². The molecule has 8 rings (SSSR count). The molecular formula is C45H40N2S2. The molecule has 0 bridgehead atoms. The van der Waals surface area contributed by atoms with Crippen molar-refractivity contribution in [1.82, 2.24) is 4.98 Å². The van der Waals surface area contributed by atoms with Crippen LogP contribution >= 0.6 is 23.1 Å². The van der Waals surface area contributed by atoms with Crippen LogP contribution in [0.3, 0.4) is 0 Å². The van der Waals surface area contributed by atoms with Gasteiger partial charge in [-0.2, -0.15) is 0 Å². The van der Waals surface area contributed by atoms with Crippen LogP contribution in [0.2, 0.25) is 0 Å². The van der Waals surface area contributed by atoms with Crippen molar-refractivity contribution in [2.75, 3.05) is 5.73 Å². The lowest BCUT2D eigenvalue weighted by molar-refractivity contribution is 0.584. The molecule has 6 aromatic carbocycles. The summed E-state index contributed by atoms with van der Waals surface area (Å²) >= 11 is 3.53. The highest BCUT2D eigenvalue weighted by Crippen LogP contribution is 2.50. The minimum absolute atomic E-state index is 0.0696. The van der Waals surface area contributed by atoms with Gasteiger partial charge in [0.1, 0.15) is 5.01 Å². The van der Waals surface area contributed by atoms with E-state index >= 15 is 0 Å². The minimum Gasteiger partial charge on any atom is -0.398 e. The van der Waals surface area contributed by atoms with Crippen molar-refractivity contribution in [2.24, 2.45) is 0 Å². The van der Waals surface area contributed by atoms with Crippen molar-refractivity contribution in [3.63, 3.8) is 0 Å². The number of rotatable bonds is 6. The molecule has 1 heterocycles. The van der Waals surface area contributed by atoms with E-state index in [0.717, 1.165) is 32.4 Å². The van der Waals surface area contributed by atoms with Gasteiger partial charge in [-0.25, -0.2) is 4.98 Å². The fourth-order valence-corrected chi connectivity index (χ4v) is 8.95. The number of benzene rings is 6. The predicted molar refractivity (Wildman–Crippen MR) is 213 cm³/mol. The third-order valence-corrected chi connectivity index (χ3v) is 12.2. The highest BCUT2D eigenvalue weighted by atomic mass is 32.2. The summed E-state index contributed by atoms with van der Waals surface area (Å²) in [5.41, 5.74) is 22.4. The van der Waals surface area contributed by atoms with E-state index in [1.807, 2.05) is 12.1 Å². The molecule has 0 spiro atoms. The van der Waals surface area contributed by atoms with Crippen LogP contribution in [0, 0.1) is 0 Å². The van der Waals surface area contributed by atoms with Crippen molar-refractivity contribution >= 4 is 39.0 Å². The summed E-state index contributed by atoms with van der Waals surface area (Å²) in [6.07, 6.45) is 0.